The van der Waals surface area contributed by atoms with Crippen LogP contribution in [0, 0.1) is 3.57 Å². The lowest BCUT2D eigenvalue weighted by Crippen LogP contribution is -2.54. The minimum absolute atomic E-state index is 0.175. The molecule has 1 aliphatic heterocycles. The molecule has 1 N–H and O–H groups in total. The molecule has 0 radical (unpaired) electrons. The van der Waals surface area contributed by atoms with E-state index < -0.39 is 17.8 Å². The Bertz CT molecular complexity index is 1030. The van der Waals surface area contributed by atoms with Crippen molar-refractivity contribution in [2.24, 2.45) is 0 Å². The topological polar surface area (TPSA) is 94.2 Å². The molecule has 3 rings (SSSR count). The Kier molecular flexibility index (Phi) is 6.60. The van der Waals surface area contributed by atoms with Crippen molar-refractivity contribution in [1.82, 2.24) is 5.32 Å². The number of imide groups is 2. The number of nitrogens with one attached hydrogen (secondary N) is 1. The van der Waals surface area contributed by atoms with Crippen molar-refractivity contribution in [2.75, 3.05) is 25.7 Å². The summed E-state index contributed by atoms with van der Waals surface area (Å²) in [5.74, 6) is 0.123. The summed E-state index contributed by atoms with van der Waals surface area (Å²) in [5.41, 5.74) is 0.698. The molecular formula is C21H19IN2O6. The monoisotopic (exact) mass is 522 g/mol. The first-order valence-corrected chi connectivity index (χ1v) is 10.0. The molecule has 2 aromatic rings. The molecule has 0 unspecified atom stereocenters. The second-order valence-electron chi connectivity index (χ2n) is 6.12. The van der Waals surface area contributed by atoms with Crippen LogP contribution >= 0.6 is 22.6 Å². The van der Waals surface area contributed by atoms with Crippen LogP contribution in [0.5, 0.6) is 17.2 Å². The molecule has 8 nitrogen and oxygen atoms in total. The number of ether oxygens (including phenoxy) is 3. The Morgan fingerprint density at radius 3 is 2.37 bits per heavy atom. The number of anilines is 1. The summed E-state index contributed by atoms with van der Waals surface area (Å²) in [6, 6.07) is 9.03. The van der Waals surface area contributed by atoms with Gasteiger partial charge in [0.1, 0.15) is 11.3 Å². The second-order valence-corrected chi connectivity index (χ2v) is 7.29. The van der Waals surface area contributed by atoms with E-state index in [9.17, 15) is 14.4 Å². The van der Waals surface area contributed by atoms with Crippen LogP contribution in [0.1, 0.15) is 12.5 Å². The highest BCUT2D eigenvalue weighted by atomic mass is 127. The number of amides is 4. The van der Waals surface area contributed by atoms with Gasteiger partial charge in [0, 0.05) is 0 Å². The summed E-state index contributed by atoms with van der Waals surface area (Å²) in [6.07, 6.45) is 1.41. The number of methoxy groups -OCH3 is 2. The van der Waals surface area contributed by atoms with E-state index in [0.29, 0.717) is 35.1 Å². The maximum absolute atomic E-state index is 13.0. The van der Waals surface area contributed by atoms with Gasteiger partial charge in [-0.1, -0.05) is 0 Å². The average molecular weight is 522 g/mol. The van der Waals surface area contributed by atoms with Crippen molar-refractivity contribution < 1.29 is 28.6 Å². The van der Waals surface area contributed by atoms with Crippen LogP contribution in [0.4, 0.5) is 10.5 Å². The minimum atomic E-state index is -0.812. The molecule has 0 aromatic heterocycles. The van der Waals surface area contributed by atoms with E-state index in [0.717, 1.165) is 8.47 Å². The van der Waals surface area contributed by atoms with Crippen LogP contribution < -0.4 is 24.4 Å². The van der Waals surface area contributed by atoms with Gasteiger partial charge in [-0.05, 0) is 77.6 Å². The maximum Gasteiger partial charge on any atom is 0.335 e. The van der Waals surface area contributed by atoms with E-state index in [2.05, 4.69) is 27.9 Å². The lowest BCUT2D eigenvalue weighted by atomic mass is 10.1. The molecule has 0 atom stereocenters. The summed E-state index contributed by atoms with van der Waals surface area (Å²) >= 11 is 2.07. The van der Waals surface area contributed by atoms with Gasteiger partial charge in [-0.2, -0.15) is 0 Å². The van der Waals surface area contributed by atoms with Gasteiger partial charge in [0.15, 0.2) is 11.5 Å². The van der Waals surface area contributed by atoms with E-state index >= 15 is 0 Å². The first-order valence-electron chi connectivity index (χ1n) is 8.95. The molecule has 156 valence electrons. The molecule has 2 aromatic carbocycles. The molecule has 1 saturated heterocycles. The summed E-state index contributed by atoms with van der Waals surface area (Å²) < 4.78 is 16.7. The summed E-state index contributed by atoms with van der Waals surface area (Å²) in [7, 11) is 3.02. The van der Waals surface area contributed by atoms with E-state index in [-0.39, 0.29) is 5.57 Å². The van der Waals surface area contributed by atoms with Crippen LogP contribution in [-0.2, 0) is 9.59 Å². The Hall–Kier alpha value is -3.08. The molecule has 0 bridgehead atoms. The highest BCUT2D eigenvalue weighted by Gasteiger charge is 2.36. The molecule has 4 amide bonds. The van der Waals surface area contributed by atoms with Crippen LogP contribution in [-0.4, -0.2) is 38.7 Å². The van der Waals surface area contributed by atoms with Crippen LogP contribution in [0.25, 0.3) is 6.08 Å². The number of halogens is 1. The van der Waals surface area contributed by atoms with Crippen LogP contribution in [0.2, 0.25) is 0 Å². The predicted molar refractivity (Wildman–Crippen MR) is 119 cm³/mol. The predicted octanol–water partition coefficient (Wildman–Crippen LogP) is 3.37. The first-order chi connectivity index (χ1) is 14.4. The molecule has 0 aliphatic carbocycles. The molecule has 1 fully saturated rings. The lowest BCUT2D eigenvalue weighted by molar-refractivity contribution is -0.122. The standard InChI is InChI=1S/C21H19IN2O6/c1-4-30-14-7-5-13(6-8-14)24-20(26)15(19(25)23-21(24)27)9-12-10-16(22)18(29-3)17(11-12)28-2/h5-11H,4H2,1-3H3,(H,23,25,27)/b15-9-. The van der Waals surface area contributed by atoms with E-state index in [4.69, 9.17) is 14.2 Å². The third-order valence-corrected chi connectivity index (χ3v) is 5.08. The third kappa shape index (κ3) is 4.25. The number of nitrogens with zero attached hydrogens (tertiary/aromatic N) is 1. The number of rotatable bonds is 6. The fourth-order valence-electron chi connectivity index (χ4n) is 2.94. The number of benzene rings is 2. The molecule has 30 heavy (non-hydrogen) atoms. The first kappa shape index (κ1) is 21.6. The zero-order valence-electron chi connectivity index (χ0n) is 16.5. The van der Waals surface area contributed by atoms with Gasteiger partial charge in [0.05, 0.1) is 30.1 Å². The maximum atomic E-state index is 13.0. The number of hydrogen-bond donors (Lipinski definition) is 1. The highest BCUT2D eigenvalue weighted by molar-refractivity contribution is 14.1. The third-order valence-electron chi connectivity index (χ3n) is 4.27. The molecule has 0 spiro atoms. The van der Waals surface area contributed by atoms with Gasteiger partial charge in [-0.15, -0.1) is 0 Å². The average Bonchev–Trinajstić information content (AvgIpc) is 2.72. The van der Waals surface area contributed by atoms with Gasteiger partial charge >= 0.3 is 6.03 Å². The Labute approximate surface area is 186 Å². The number of hydrogen-bond acceptors (Lipinski definition) is 6. The molecule has 9 heteroatoms. The van der Waals surface area contributed by atoms with Gasteiger partial charge in [0.2, 0.25) is 0 Å². The van der Waals surface area contributed by atoms with Crippen molar-refractivity contribution in [2.45, 2.75) is 6.92 Å². The largest absolute Gasteiger partial charge is 0.494 e. The summed E-state index contributed by atoms with van der Waals surface area (Å²) in [5, 5.41) is 2.20. The minimum Gasteiger partial charge on any atom is -0.494 e. The fourth-order valence-corrected chi connectivity index (χ4v) is 3.78. The number of urea groups is 1. The quantitative estimate of drug-likeness (QED) is 0.355. The Morgan fingerprint density at radius 1 is 1.07 bits per heavy atom. The summed E-state index contributed by atoms with van der Waals surface area (Å²) in [4.78, 5) is 38.6. The van der Waals surface area contributed by atoms with E-state index in [1.807, 2.05) is 6.92 Å². The lowest BCUT2D eigenvalue weighted by Gasteiger charge is -2.26. The zero-order valence-corrected chi connectivity index (χ0v) is 18.7. The molecule has 1 aliphatic rings. The van der Waals surface area contributed by atoms with Gasteiger partial charge in [-0.3, -0.25) is 14.9 Å². The van der Waals surface area contributed by atoms with Gasteiger partial charge in [-0.25, -0.2) is 9.69 Å². The number of carbonyl (C=O) groups is 3. The van der Waals surface area contributed by atoms with Crippen molar-refractivity contribution in [3.8, 4) is 17.2 Å². The molecule has 1 heterocycles. The van der Waals surface area contributed by atoms with Crippen molar-refractivity contribution in [1.29, 1.82) is 0 Å². The van der Waals surface area contributed by atoms with Crippen LogP contribution in [0.3, 0.4) is 0 Å². The normalized spacial score (nSPS) is 15.3. The van der Waals surface area contributed by atoms with Crippen molar-refractivity contribution in [3.05, 3.63) is 51.1 Å². The Morgan fingerprint density at radius 2 is 1.77 bits per heavy atom. The fraction of sp³-hybridized carbons (Fsp3) is 0.190. The zero-order chi connectivity index (χ0) is 21.8. The highest BCUT2D eigenvalue weighted by Crippen LogP contribution is 2.34. The molecular weight excluding hydrogens is 503 g/mol. The Balaban J connectivity index is 1.99. The smallest absolute Gasteiger partial charge is 0.335 e. The number of barbiturate groups is 1. The SMILES string of the molecule is CCOc1ccc(N2C(=O)NC(=O)/C(=C/c3cc(I)c(OC)c(OC)c3)C2=O)cc1. The van der Waals surface area contributed by atoms with E-state index in [1.165, 1.54) is 20.3 Å². The van der Waals surface area contributed by atoms with Crippen molar-refractivity contribution in [3.63, 3.8) is 0 Å². The number of carbonyl (C=O) groups excluding carboxylic acids is 3. The second kappa shape index (κ2) is 9.16. The molecule has 0 saturated carbocycles. The van der Waals surface area contributed by atoms with E-state index in [1.54, 1.807) is 36.4 Å². The van der Waals surface area contributed by atoms with Crippen LogP contribution in [0.15, 0.2) is 42.0 Å². The van der Waals surface area contributed by atoms with Gasteiger partial charge < -0.3 is 14.2 Å². The van der Waals surface area contributed by atoms with Crippen molar-refractivity contribution >= 4 is 52.2 Å². The summed E-state index contributed by atoms with van der Waals surface area (Å²) in [6.45, 7) is 2.35. The van der Waals surface area contributed by atoms with Gasteiger partial charge in [0.25, 0.3) is 11.8 Å².